The van der Waals surface area contributed by atoms with E-state index in [2.05, 4.69) is 5.32 Å². The highest BCUT2D eigenvalue weighted by molar-refractivity contribution is 5.27. The molecule has 0 radical (unpaired) electrons. The molecule has 1 aromatic carbocycles. The average Bonchev–Trinajstić information content (AvgIpc) is 1.93. The molecule has 0 unspecified atom stereocenters. The third-order valence-electron chi connectivity index (χ3n) is 2.45. The Morgan fingerprint density at radius 1 is 1.42 bits per heavy atom. The second-order valence-corrected chi connectivity index (χ2v) is 3.36. The SMILES string of the molecule is Cc1ccc(C2CNC2)cc1F. The Morgan fingerprint density at radius 2 is 2.17 bits per heavy atom. The number of hydrogen-bond acceptors (Lipinski definition) is 1. The van der Waals surface area contributed by atoms with Crippen molar-refractivity contribution in [2.24, 2.45) is 0 Å². The molecule has 1 aromatic rings. The van der Waals surface area contributed by atoms with Crippen molar-refractivity contribution in [3.63, 3.8) is 0 Å². The van der Waals surface area contributed by atoms with Crippen LogP contribution in [0.15, 0.2) is 18.2 Å². The maximum absolute atomic E-state index is 13.1. The minimum Gasteiger partial charge on any atom is -0.315 e. The molecule has 1 aliphatic rings. The van der Waals surface area contributed by atoms with Crippen LogP contribution in [0.5, 0.6) is 0 Å². The van der Waals surface area contributed by atoms with E-state index in [1.165, 1.54) is 0 Å². The minimum atomic E-state index is -0.0839. The number of nitrogens with one attached hydrogen (secondary N) is 1. The van der Waals surface area contributed by atoms with Crippen molar-refractivity contribution < 1.29 is 4.39 Å². The van der Waals surface area contributed by atoms with Gasteiger partial charge in [-0.15, -0.1) is 0 Å². The summed E-state index contributed by atoms with van der Waals surface area (Å²) in [6.45, 7) is 3.77. The molecule has 1 N–H and O–H groups in total. The van der Waals surface area contributed by atoms with Crippen LogP contribution in [-0.4, -0.2) is 13.1 Å². The first-order valence-corrected chi connectivity index (χ1v) is 4.24. The summed E-state index contributed by atoms with van der Waals surface area (Å²) in [4.78, 5) is 0. The maximum atomic E-state index is 13.1. The summed E-state index contributed by atoms with van der Waals surface area (Å²) in [5, 5.41) is 3.17. The van der Waals surface area contributed by atoms with Crippen LogP contribution in [0.4, 0.5) is 4.39 Å². The number of halogens is 1. The first-order chi connectivity index (χ1) is 5.77. The van der Waals surface area contributed by atoms with Gasteiger partial charge in [0.05, 0.1) is 0 Å². The highest BCUT2D eigenvalue weighted by Gasteiger charge is 2.19. The van der Waals surface area contributed by atoms with Gasteiger partial charge in [-0.05, 0) is 24.1 Å². The predicted molar refractivity (Wildman–Crippen MR) is 46.7 cm³/mol. The average molecular weight is 165 g/mol. The van der Waals surface area contributed by atoms with Crippen molar-refractivity contribution >= 4 is 0 Å². The molecular formula is C10H12FN. The van der Waals surface area contributed by atoms with E-state index in [-0.39, 0.29) is 5.82 Å². The van der Waals surface area contributed by atoms with E-state index in [9.17, 15) is 4.39 Å². The van der Waals surface area contributed by atoms with E-state index in [1.807, 2.05) is 12.1 Å². The van der Waals surface area contributed by atoms with Crippen LogP contribution >= 0.6 is 0 Å². The zero-order valence-electron chi connectivity index (χ0n) is 7.10. The van der Waals surface area contributed by atoms with Gasteiger partial charge >= 0.3 is 0 Å². The molecule has 0 amide bonds. The lowest BCUT2D eigenvalue weighted by molar-refractivity contribution is 0.446. The Kier molecular flexibility index (Phi) is 1.85. The first-order valence-electron chi connectivity index (χ1n) is 4.24. The Labute approximate surface area is 71.6 Å². The van der Waals surface area contributed by atoms with Gasteiger partial charge in [0.15, 0.2) is 0 Å². The van der Waals surface area contributed by atoms with E-state index in [4.69, 9.17) is 0 Å². The molecule has 0 saturated carbocycles. The topological polar surface area (TPSA) is 12.0 Å². The molecule has 12 heavy (non-hydrogen) atoms. The van der Waals surface area contributed by atoms with Crippen LogP contribution in [-0.2, 0) is 0 Å². The molecule has 1 saturated heterocycles. The Bertz CT molecular complexity index is 292. The van der Waals surface area contributed by atoms with Gasteiger partial charge < -0.3 is 5.32 Å². The number of aryl methyl sites for hydroxylation is 1. The third kappa shape index (κ3) is 1.23. The predicted octanol–water partition coefficient (Wildman–Crippen LogP) is 1.82. The fourth-order valence-corrected chi connectivity index (χ4v) is 1.39. The molecule has 1 fully saturated rings. The quantitative estimate of drug-likeness (QED) is 0.669. The van der Waals surface area contributed by atoms with Crippen LogP contribution in [0.2, 0.25) is 0 Å². The minimum absolute atomic E-state index is 0.0839. The van der Waals surface area contributed by atoms with Gasteiger partial charge in [-0.3, -0.25) is 0 Å². The number of rotatable bonds is 1. The Balaban J connectivity index is 2.27. The summed E-state index contributed by atoms with van der Waals surface area (Å²) >= 11 is 0. The van der Waals surface area contributed by atoms with Crippen LogP contribution < -0.4 is 5.32 Å². The molecule has 1 heterocycles. The molecule has 0 aromatic heterocycles. The normalized spacial score (nSPS) is 17.5. The zero-order chi connectivity index (χ0) is 8.55. The van der Waals surface area contributed by atoms with Crippen LogP contribution in [0.25, 0.3) is 0 Å². The molecule has 1 aliphatic heterocycles. The molecule has 64 valence electrons. The van der Waals surface area contributed by atoms with Crippen molar-refractivity contribution in [3.8, 4) is 0 Å². The standard InChI is InChI=1S/C10H12FN/c1-7-2-3-8(4-10(7)11)9-5-12-6-9/h2-4,9,12H,5-6H2,1H3. The molecule has 0 bridgehead atoms. The zero-order valence-corrected chi connectivity index (χ0v) is 7.10. The molecule has 2 heteroatoms. The van der Waals surface area contributed by atoms with Crippen LogP contribution in [0.3, 0.4) is 0 Å². The number of benzene rings is 1. The third-order valence-corrected chi connectivity index (χ3v) is 2.45. The van der Waals surface area contributed by atoms with E-state index in [0.717, 1.165) is 24.2 Å². The van der Waals surface area contributed by atoms with Gasteiger partial charge in [-0.1, -0.05) is 12.1 Å². The lowest BCUT2D eigenvalue weighted by Gasteiger charge is -2.27. The summed E-state index contributed by atoms with van der Waals surface area (Å²) in [7, 11) is 0. The largest absolute Gasteiger partial charge is 0.315 e. The molecular weight excluding hydrogens is 153 g/mol. The lowest BCUT2D eigenvalue weighted by Crippen LogP contribution is -2.39. The molecule has 0 spiro atoms. The van der Waals surface area contributed by atoms with Crippen molar-refractivity contribution in [2.75, 3.05) is 13.1 Å². The van der Waals surface area contributed by atoms with Gasteiger partial charge in [0.2, 0.25) is 0 Å². The second-order valence-electron chi connectivity index (χ2n) is 3.36. The van der Waals surface area contributed by atoms with Gasteiger partial charge in [0.25, 0.3) is 0 Å². The van der Waals surface area contributed by atoms with E-state index >= 15 is 0 Å². The van der Waals surface area contributed by atoms with Gasteiger partial charge in [-0.2, -0.15) is 0 Å². The molecule has 2 rings (SSSR count). The lowest BCUT2D eigenvalue weighted by atomic mass is 9.93. The van der Waals surface area contributed by atoms with Crippen molar-refractivity contribution in [2.45, 2.75) is 12.8 Å². The number of hydrogen-bond donors (Lipinski definition) is 1. The van der Waals surface area contributed by atoms with E-state index in [0.29, 0.717) is 5.92 Å². The van der Waals surface area contributed by atoms with Crippen molar-refractivity contribution in [1.82, 2.24) is 5.32 Å². The van der Waals surface area contributed by atoms with Crippen LogP contribution in [0.1, 0.15) is 17.0 Å². The Hall–Kier alpha value is -0.890. The van der Waals surface area contributed by atoms with Gasteiger partial charge in [0.1, 0.15) is 5.82 Å². The summed E-state index contributed by atoms with van der Waals surface area (Å²) in [6.07, 6.45) is 0. The summed E-state index contributed by atoms with van der Waals surface area (Å²) < 4.78 is 13.1. The second kappa shape index (κ2) is 2.87. The molecule has 0 atom stereocenters. The summed E-state index contributed by atoms with van der Waals surface area (Å²) in [6, 6.07) is 5.52. The monoisotopic (exact) mass is 165 g/mol. The Morgan fingerprint density at radius 3 is 2.67 bits per heavy atom. The fourth-order valence-electron chi connectivity index (χ4n) is 1.39. The van der Waals surface area contributed by atoms with Gasteiger partial charge in [0, 0.05) is 19.0 Å². The van der Waals surface area contributed by atoms with Crippen molar-refractivity contribution in [3.05, 3.63) is 35.1 Å². The highest BCUT2D eigenvalue weighted by Crippen LogP contribution is 2.21. The summed E-state index contributed by atoms with van der Waals surface area (Å²) in [5.74, 6) is 0.444. The highest BCUT2D eigenvalue weighted by atomic mass is 19.1. The fraction of sp³-hybridized carbons (Fsp3) is 0.400. The molecule has 1 nitrogen and oxygen atoms in total. The molecule has 0 aliphatic carbocycles. The van der Waals surface area contributed by atoms with Crippen molar-refractivity contribution in [1.29, 1.82) is 0 Å². The van der Waals surface area contributed by atoms with Crippen LogP contribution in [0, 0.1) is 12.7 Å². The maximum Gasteiger partial charge on any atom is 0.126 e. The van der Waals surface area contributed by atoms with Gasteiger partial charge in [-0.25, -0.2) is 4.39 Å². The summed E-state index contributed by atoms with van der Waals surface area (Å²) in [5.41, 5.74) is 1.85. The van der Waals surface area contributed by atoms with E-state index < -0.39 is 0 Å². The van der Waals surface area contributed by atoms with E-state index in [1.54, 1.807) is 13.0 Å². The smallest absolute Gasteiger partial charge is 0.126 e. The first kappa shape index (κ1) is 7.74.